The summed E-state index contributed by atoms with van der Waals surface area (Å²) in [6.07, 6.45) is 3.55. The number of benzene rings is 1. The fourth-order valence-corrected chi connectivity index (χ4v) is 1.31. The van der Waals surface area contributed by atoms with Crippen molar-refractivity contribution in [2.24, 2.45) is 0 Å². The molecule has 0 aliphatic carbocycles. The first-order valence-electron chi connectivity index (χ1n) is 4.74. The van der Waals surface area contributed by atoms with Crippen LogP contribution in [0, 0.1) is 0 Å². The molecule has 0 saturated heterocycles. The van der Waals surface area contributed by atoms with Crippen molar-refractivity contribution in [1.82, 2.24) is 9.97 Å². The Kier molecular flexibility index (Phi) is 2.88. The molecule has 0 radical (unpaired) electrons. The third kappa shape index (κ3) is 2.49. The van der Waals surface area contributed by atoms with E-state index in [2.05, 4.69) is 15.3 Å². The minimum Gasteiger partial charge on any atom is -0.497 e. The Balaban J connectivity index is 1.98. The van der Waals surface area contributed by atoms with E-state index in [1.165, 1.54) is 0 Å². The van der Waals surface area contributed by atoms with Gasteiger partial charge in [-0.2, -0.15) is 0 Å². The highest BCUT2D eigenvalue weighted by Gasteiger charge is 1.96. The van der Waals surface area contributed by atoms with Gasteiger partial charge in [0.25, 0.3) is 0 Å². The summed E-state index contributed by atoms with van der Waals surface area (Å²) in [6, 6.07) is 7.80. The molecule has 1 aromatic heterocycles. The van der Waals surface area contributed by atoms with E-state index in [-0.39, 0.29) is 0 Å². The first-order valence-corrected chi connectivity index (χ1v) is 4.74. The van der Waals surface area contributed by atoms with Crippen molar-refractivity contribution < 1.29 is 4.74 Å². The van der Waals surface area contributed by atoms with Gasteiger partial charge in [-0.05, 0) is 12.1 Å². The van der Waals surface area contributed by atoms with Gasteiger partial charge in [0.05, 0.1) is 13.7 Å². The normalized spacial score (nSPS) is 9.93. The highest BCUT2D eigenvalue weighted by molar-refractivity contribution is 5.48. The topological polar surface area (TPSA) is 49.9 Å². The lowest BCUT2D eigenvalue weighted by molar-refractivity contribution is 0.415. The molecule has 4 heteroatoms. The summed E-state index contributed by atoms with van der Waals surface area (Å²) in [4.78, 5) is 7.16. The van der Waals surface area contributed by atoms with E-state index in [1.54, 1.807) is 13.3 Å². The molecule has 4 nitrogen and oxygen atoms in total. The number of aromatic amines is 1. The van der Waals surface area contributed by atoms with Gasteiger partial charge in [-0.1, -0.05) is 6.07 Å². The van der Waals surface area contributed by atoms with Crippen LogP contribution in [-0.2, 0) is 6.54 Å². The Morgan fingerprint density at radius 2 is 2.40 bits per heavy atom. The molecule has 0 aliphatic heterocycles. The highest BCUT2D eigenvalue weighted by Crippen LogP contribution is 2.16. The van der Waals surface area contributed by atoms with Crippen LogP contribution in [0.1, 0.15) is 5.82 Å². The van der Waals surface area contributed by atoms with Crippen molar-refractivity contribution in [3.05, 3.63) is 42.5 Å². The molecule has 0 unspecified atom stereocenters. The van der Waals surface area contributed by atoms with Crippen LogP contribution in [0.15, 0.2) is 36.7 Å². The van der Waals surface area contributed by atoms with E-state index >= 15 is 0 Å². The number of hydrogen-bond acceptors (Lipinski definition) is 3. The molecule has 2 N–H and O–H groups in total. The maximum atomic E-state index is 5.13. The first-order chi connectivity index (χ1) is 7.38. The SMILES string of the molecule is COc1cccc(NCc2ncc[nH]2)c1. The van der Waals surface area contributed by atoms with Crippen LogP contribution in [0.4, 0.5) is 5.69 Å². The lowest BCUT2D eigenvalue weighted by atomic mass is 10.3. The van der Waals surface area contributed by atoms with E-state index in [0.29, 0.717) is 6.54 Å². The lowest BCUT2D eigenvalue weighted by Crippen LogP contribution is -2.00. The Hall–Kier alpha value is -1.97. The predicted octanol–water partition coefficient (Wildman–Crippen LogP) is 2.03. The van der Waals surface area contributed by atoms with Crippen molar-refractivity contribution in [2.45, 2.75) is 6.54 Å². The van der Waals surface area contributed by atoms with Crippen LogP contribution in [0.2, 0.25) is 0 Å². The molecule has 1 aromatic carbocycles. The standard InChI is InChI=1S/C11H13N3O/c1-15-10-4-2-3-9(7-10)14-8-11-12-5-6-13-11/h2-7,14H,8H2,1H3,(H,12,13). The van der Waals surface area contributed by atoms with Crippen LogP contribution in [-0.4, -0.2) is 17.1 Å². The summed E-state index contributed by atoms with van der Waals surface area (Å²) in [5.41, 5.74) is 1.02. The average Bonchev–Trinajstić information content (AvgIpc) is 2.79. The zero-order valence-corrected chi connectivity index (χ0v) is 8.53. The van der Waals surface area contributed by atoms with Gasteiger partial charge in [-0.25, -0.2) is 4.98 Å². The number of anilines is 1. The second kappa shape index (κ2) is 4.50. The van der Waals surface area contributed by atoms with Gasteiger partial charge in [0, 0.05) is 24.1 Å². The molecule has 15 heavy (non-hydrogen) atoms. The van der Waals surface area contributed by atoms with Crippen molar-refractivity contribution in [1.29, 1.82) is 0 Å². The molecule has 2 rings (SSSR count). The molecule has 0 fully saturated rings. The molecular formula is C11H13N3O. The molecule has 0 atom stereocenters. The van der Waals surface area contributed by atoms with Crippen LogP contribution < -0.4 is 10.1 Å². The van der Waals surface area contributed by atoms with Gasteiger partial charge in [0.2, 0.25) is 0 Å². The lowest BCUT2D eigenvalue weighted by Gasteiger charge is -2.06. The highest BCUT2D eigenvalue weighted by atomic mass is 16.5. The van der Waals surface area contributed by atoms with Gasteiger partial charge >= 0.3 is 0 Å². The van der Waals surface area contributed by atoms with E-state index in [9.17, 15) is 0 Å². The third-order valence-corrected chi connectivity index (χ3v) is 2.08. The van der Waals surface area contributed by atoms with Gasteiger partial charge in [0.15, 0.2) is 0 Å². The summed E-state index contributed by atoms with van der Waals surface area (Å²) in [7, 11) is 1.66. The van der Waals surface area contributed by atoms with Crippen molar-refractivity contribution in [3.63, 3.8) is 0 Å². The Bertz CT molecular complexity index is 412. The summed E-state index contributed by atoms with van der Waals surface area (Å²) in [6.45, 7) is 0.681. The second-order valence-electron chi connectivity index (χ2n) is 3.12. The molecule has 0 aliphatic rings. The predicted molar refractivity (Wildman–Crippen MR) is 58.9 cm³/mol. The summed E-state index contributed by atoms with van der Waals surface area (Å²) in [5.74, 6) is 1.76. The van der Waals surface area contributed by atoms with E-state index in [1.807, 2.05) is 30.5 Å². The fraction of sp³-hybridized carbons (Fsp3) is 0.182. The maximum absolute atomic E-state index is 5.13. The summed E-state index contributed by atoms with van der Waals surface area (Å²) >= 11 is 0. The number of imidazole rings is 1. The van der Waals surface area contributed by atoms with Crippen molar-refractivity contribution in [3.8, 4) is 5.75 Å². The Morgan fingerprint density at radius 3 is 3.13 bits per heavy atom. The molecule has 1 heterocycles. The minimum atomic E-state index is 0.681. The molecule has 0 saturated carbocycles. The number of methoxy groups -OCH3 is 1. The summed E-state index contributed by atoms with van der Waals surface area (Å²) < 4.78 is 5.13. The molecule has 0 amide bonds. The number of nitrogens with one attached hydrogen (secondary N) is 2. The second-order valence-corrected chi connectivity index (χ2v) is 3.12. The van der Waals surface area contributed by atoms with E-state index in [4.69, 9.17) is 4.74 Å². The van der Waals surface area contributed by atoms with Crippen molar-refractivity contribution in [2.75, 3.05) is 12.4 Å². The minimum absolute atomic E-state index is 0.681. The Morgan fingerprint density at radius 1 is 1.47 bits per heavy atom. The molecular weight excluding hydrogens is 190 g/mol. The molecule has 78 valence electrons. The zero-order valence-electron chi connectivity index (χ0n) is 8.53. The van der Waals surface area contributed by atoms with Gasteiger partial charge < -0.3 is 15.0 Å². The third-order valence-electron chi connectivity index (χ3n) is 2.08. The smallest absolute Gasteiger partial charge is 0.125 e. The maximum Gasteiger partial charge on any atom is 0.125 e. The van der Waals surface area contributed by atoms with Gasteiger partial charge in [0.1, 0.15) is 11.6 Å². The number of ether oxygens (including phenoxy) is 1. The molecule has 0 spiro atoms. The van der Waals surface area contributed by atoms with Crippen LogP contribution in [0.25, 0.3) is 0 Å². The number of hydrogen-bond donors (Lipinski definition) is 2. The number of rotatable bonds is 4. The van der Waals surface area contributed by atoms with Crippen LogP contribution >= 0.6 is 0 Å². The largest absolute Gasteiger partial charge is 0.497 e. The number of nitrogens with zero attached hydrogens (tertiary/aromatic N) is 1. The van der Waals surface area contributed by atoms with Crippen LogP contribution in [0.3, 0.4) is 0 Å². The molecule has 2 aromatic rings. The monoisotopic (exact) mass is 203 g/mol. The van der Waals surface area contributed by atoms with E-state index < -0.39 is 0 Å². The van der Waals surface area contributed by atoms with Gasteiger partial charge in [-0.15, -0.1) is 0 Å². The summed E-state index contributed by atoms with van der Waals surface area (Å²) in [5, 5.41) is 3.25. The number of H-pyrrole nitrogens is 1. The zero-order chi connectivity index (χ0) is 10.5. The molecule has 0 bridgehead atoms. The van der Waals surface area contributed by atoms with Crippen molar-refractivity contribution >= 4 is 5.69 Å². The quantitative estimate of drug-likeness (QED) is 0.799. The average molecular weight is 203 g/mol. The first kappa shape index (κ1) is 9.58. The van der Waals surface area contributed by atoms with Gasteiger partial charge in [-0.3, -0.25) is 0 Å². The fourth-order valence-electron chi connectivity index (χ4n) is 1.31. The Labute approximate surface area is 88.3 Å². The van der Waals surface area contributed by atoms with E-state index in [0.717, 1.165) is 17.3 Å². The van der Waals surface area contributed by atoms with Crippen LogP contribution in [0.5, 0.6) is 5.75 Å². The number of aromatic nitrogens is 2.